The van der Waals surface area contributed by atoms with Gasteiger partial charge in [-0.25, -0.2) is 0 Å². The summed E-state index contributed by atoms with van der Waals surface area (Å²) >= 11 is 12.6. The van der Waals surface area contributed by atoms with Crippen LogP contribution in [0.1, 0.15) is 23.5 Å². The van der Waals surface area contributed by atoms with Gasteiger partial charge in [0.05, 0.1) is 0 Å². The Morgan fingerprint density at radius 2 is 1.86 bits per heavy atom. The normalized spacial score (nSPS) is 22.2. The standard InChI is InChI=1S/C18H19Cl2N/c19-15-6-7-18(20)17(11-15)16-8-9-21-12-14(16)10-13-4-2-1-3-5-13/h1-7,11,14,16,21H,8-10,12H2. The highest BCUT2D eigenvalue weighted by molar-refractivity contribution is 6.33. The molecule has 1 fully saturated rings. The van der Waals surface area contributed by atoms with Gasteiger partial charge in [0.1, 0.15) is 0 Å². The summed E-state index contributed by atoms with van der Waals surface area (Å²) < 4.78 is 0. The molecule has 1 aliphatic heterocycles. The van der Waals surface area contributed by atoms with Crippen molar-refractivity contribution in [3.8, 4) is 0 Å². The Bertz CT molecular complexity index is 597. The van der Waals surface area contributed by atoms with Crippen molar-refractivity contribution < 1.29 is 0 Å². The molecule has 1 aliphatic rings. The van der Waals surface area contributed by atoms with Crippen LogP contribution in [0.5, 0.6) is 0 Å². The zero-order chi connectivity index (χ0) is 14.7. The molecule has 21 heavy (non-hydrogen) atoms. The molecule has 3 rings (SSSR count). The van der Waals surface area contributed by atoms with Crippen LogP contribution < -0.4 is 5.32 Å². The highest BCUT2D eigenvalue weighted by Crippen LogP contribution is 2.37. The van der Waals surface area contributed by atoms with E-state index >= 15 is 0 Å². The van der Waals surface area contributed by atoms with Gasteiger partial charge in [-0.2, -0.15) is 0 Å². The third-order valence-corrected chi connectivity index (χ3v) is 4.89. The van der Waals surface area contributed by atoms with E-state index in [-0.39, 0.29) is 0 Å². The molecule has 0 saturated carbocycles. The molecular formula is C18H19Cl2N. The van der Waals surface area contributed by atoms with Gasteiger partial charge in [0.2, 0.25) is 0 Å². The average molecular weight is 320 g/mol. The van der Waals surface area contributed by atoms with E-state index in [1.807, 2.05) is 18.2 Å². The summed E-state index contributed by atoms with van der Waals surface area (Å²) in [6.45, 7) is 2.07. The topological polar surface area (TPSA) is 12.0 Å². The Morgan fingerprint density at radius 3 is 2.67 bits per heavy atom. The molecule has 2 atom stereocenters. The first-order valence-corrected chi connectivity index (χ1v) is 8.19. The Kier molecular flexibility index (Phi) is 4.84. The highest BCUT2D eigenvalue weighted by Gasteiger charge is 2.28. The van der Waals surface area contributed by atoms with Crippen molar-refractivity contribution in [2.75, 3.05) is 13.1 Å². The molecule has 2 aromatic carbocycles. The molecule has 0 amide bonds. The van der Waals surface area contributed by atoms with E-state index in [9.17, 15) is 0 Å². The van der Waals surface area contributed by atoms with Gasteiger partial charge in [-0.15, -0.1) is 0 Å². The maximum Gasteiger partial charge on any atom is 0.0441 e. The summed E-state index contributed by atoms with van der Waals surface area (Å²) in [6.07, 6.45) is 2.18. The maximum atomic E-state index is 6.42. The zero-order valence-corrected chi connectivity index (χ0v) is 13.4. The van der Waals surface area contributed by atoms with Gasteiger partial charge >= 0.3 is 0 Å². The number of benzene rings is 2. The minimum Gasteiger partial charge on any atom is -0.316 e. The number of piperidine rings is 1. The van der Waals surface area contributed by atoms with E-state index in [0.29, 0.717) is 11.8 Å². The fraction of sp³-hybridized carbons (Fsp3) is 0.333. The largest absolute Gasteiger partial charge is 0.316 e. The lowest BCUT2D eigenvalue weighted by Crippen LogP contribution is -2.36. The van der Waals surface area contributed by atoms with E-state index in [0.717, 1.165) is 36.0 Å². The summed E-state index contributed by atoms with van der Waals surface area (Å²) in [5.74, 6) is 1.02. The molecule has 110 valence electrons. The van der Waals surface area contributed by atoms with Crippen LogP contribution in [-0.2, 0) is 6.42 Å². The van der Waals surface area contributed by atoms with Crippen LogP contribution >= 0.6 is 23.2 Å². The monoisotopic (exact) mass is 319 g/mol. The predicted molar refractivity (Wildman–Crippen MR) is 90.3 cm³/mol. The van der Waals surface area contributed by atoms with Gasteiger partial charge in [0.15, 0.2) is 0 Å². The predicted octanol–water partition coefficient (Wildman–Crippen LogP) is 4.93. The molecule has 0 radical (unpaired) electrons. The lowest BCUT2D eigenvalue weighted by Gasteiger charge is -2.33. The van der Waals surface area contributed by atoms with E-state index in [1.54, 1.807) is 0 Å². The number of hydrogen-bond acceptors (Lipinski definition) is 1. The van der Waals surface area contributed by atoms with Crippen molar-refractivity contribution in [1.29, 1.82) is 0 Å². The van der Waals surface area contributed by atoms with Crippen molar-refractivity contribution >= 4 is 23.2 Å². The fourth-order valence-corrected chi connectivity index (χ4v) is 3.70. The molecule has 2 aromatic rings. The molecule has 0 aromatic heterocycles. The average Bonchev–Trinajstić information content (AvgIpc) is 2.51. The van der Waals surface area contributed by atoms with Gasteiger partial charge in [0, 0.05) is 10.0 Å². The molecular weight excluding hydrogens is 301 g/mol. The fourth-order valence-electron chi connectivity index (χ4n) is 3.26. The van der Waals surface area contributed by atoms with Crippen LogP contribution in [0.25, 0.3) is 0 Å². The molecule has 2 unspecified atom stereocenters. The first-order chi connectivity index (χ1) is 10.2. The smallest absolute Gasteiger partial charge is 0.0441 e. The summed E-state index contributed by atoms with van der Waals surface area (Å²) in [7, 11) is 0. The van der Waals surface area contributed by atoms with Gasteiger partial charge in [-0.05, 0) is 67.1 Å². The molecule has 0 aliphatic carbocycles. The Hall–Kier alpha value is -1.02. The highest BCUT2D eigenvalue weighted by atomic mass is 35.5. The van der Waals surface area contributed by atoms with Crippen molar-refractivity contribution in [3.05, 3.63) is 69.7 Å². The minimum atomic E-state index is 0.470. The second kappa shape index (κ2) is 6.83. The minimum absolute atomic E-state index is 0.470. The zero-order valence-electron chi connectivity index (χ0n) is 11.9. The Balaban J connectivity index is 1.86. The van der Waals surface area contributed by atoms with Gasteiger partial charge in [-0.3, -0.25) is 0 Å². The number of rotatable bonds is 3. The van der Waals surface area contributed by atoms with Crippen molar-refractivity contribution in [1.82, 2.24) is 5.32 Å². The molecule has 1 N–H and O–H groups in total. The van der Waals surface area contributed by atoms with Crippen LogP contribution in [0.3, 0.4) is 0 Å². The molecule has 1 nitrogen and oxygen atoms in total. The second-order valence-corrected chi connectivity index (χ2v) is 6.56. The van der Waals surface area contributed by atoms with E-state index in [2.05, 4.69) is 35.6 Å². The van der Waals surface area contributed by atoms with Crippen molar-refractivity contribution in [2.24, 2.45) is 5.92 Å². The molecule has 0 bridgehead atoms. The van der Waals surface area contributed by atoms with Crippen LogP contribution in [-0.4, -0.2) is 13.1 Å². The van der Waals surface area contributed by atoms with Gasteiger partial charge in [-0.1, -0.05) is 53.5 Å². The first-order valence-electron chi connectivity index (χ1n) is 7.43. The SMILES string of the molecule is Clc1ccc(Cl)c(C2CCNCC2Cc2ccccc2)c1. The van der Waals surface area contributed by atoms with E-state index < -0.39 is 0 Å². The first kappa shape index (κ1) is 14.9. The Morgan fingerprint density at radius 1 is 1.05 bits per heavy atom. The number of nitrogens with one attached hydrogen (secondary N) is 1. The van der Waals surface area contributed by atoms with Crippen LogP contribution in [0.4, 0.5) is 0 Å². The third kappa shape index (κ3) is 3.60. The van der Waals surface area contributed by atoms with Crippen LogP contribution in [0.2, 0.25) is 10.0 Å². The molecule has 0 spiro atoms. The summed E-state index contributed by atoms with van der Waals surface area (Å²) in [5.41, 5.74) is 2.58. The molecule has 3 heteroatoms. The summed E-state index contributed by atoms with van der Waals surface area (Å²) in [6, 6.07) is 16.5. The van der Waals surface area contributed by atoms with Crippen molar-refractivity contribution in [3.63, 3.8) is 0 Å². The summed E-state index contributed by atoms with van der Waals surface area (Å²) in [5, 5.41) is 5.12. The second-order valence-electron chi connectivity index (χ2n) is 5.71. The van der Waals surface area contributed by atoms with E-state index in [4.69, 9.17) is 23.2 Å². The van der Waals surface area contributed by atoms with Crippen molar-refractivity contribution in [2.45, 2.75) is 18.8 Å². The third-order valence-electron chi connectivity index (χ3n) is 4.31. The lowest BCUT2D eigenvalue weighted by molar-refractivity contribution is 0.324. The van der Waals surface area contributed by atoms with Gasteiger partial charge < -0.3 is 5.32 Å². The maximum absolute atomic E-state index is 6.42. The Labute approximate surface area is 136 Å². The molecule has 1 saturated heterocycles. The van der Waals surface area contributed by atoms with Crippen LogP contribution in [0, 0.1) is 5.92 Å². The van der Waals surface area contributed by atoms with E-state index in [1.165, 1.54) is 11.1 Å². The molecule has 1 heterocycles. The number of hydrogen-bond donors (Lipinski definition) is 1. The quantitative estimate of drug-likeness (QED) is 0.845. The van der Waals surface area contributed by atoms with Crippen LogP contribution in [0.15, 0.2) is 48.5 Å². The summed E-state index contributed by atoms with van der Waals surface area (Å²) in [4.78, 5) is 0. The number of halogens is 2. The van der Waals surface area contributed by atoms with Gasteiger partial charge in [0.25, 0.3) is 0 Å². The lowest BCUT2D eigenvalue weighted by atomic mass is 9.78.